The van der Waals surface area contributed by atoms with Crippen LogP contribution in [0.3, 0.4) is 0 Å². The number of rotatable bonds is 3. The molecule has 0 aliphatic carbocycles. The highest BCUT2D eigenvalue weighted by Crippen LogP contribution is 2.23. The second-order valence-electron chi connectivity index (χ2n) is 6.21. The average molecular weight is 349 g/mol. The third-order valence-electron chi connectivity index (χ3n) is 4.51. The van der Waals surface area contributed by atoms with Crippen molar-refractivity contribution in [2.45, 2.75) is 13.0 Å². The van der Waals surface area contributed by atoms with E-state index in [4.69, 9.17) is 4.74 Å². The van der Waals surface area contributed by atoms with Gasteiger partial charge in [0.1, 0.15) is 6.10 Å². The lowest BCUT2D eigenvalue weighted by Gasteiger charge is -2.33. The molecule has 2 heterocycles. The Hall–Kier alpha value is -3.06. The first-order chi connectivity index (χ1) is 12.7. The predicted molar refractivity (Wildman–Crippen MR) is 94.9 cm³/mol. The van der Waals surface area contributed by atoms with Crippen molar-refractivity contribution < 1.29 is 9.53 Å². The summed E-state index contributed by atoms with van der Waals surface area (Å²) in [5.41, 5.74) is 2.57. The zero-order valence-electron chi connectivity index (χ0n) is 14.4. The van der Waals surface area contributed by atoms with Crippen molar-refractivity contribution in [1.82, 2.24) is 25.1 Å². The number of hydrogen-bond donors (Lipinski definition) is 0. The van der Waals surface area contributed by atoms with E-state index in [9.17, 15) is 4.79 Å². The molecule has 0 unspecified atom stereocenters. The summed E-state index contributed by atoms with van der Waals surface area (Å²) in [4.78, 5) is 14.7. The molecule has 1 atom stereocenters. The predicted octanol–water partition coefficient (Wildman–Crippen LogP) is 2.18. The number of morpholine rings is 1. The third-order valence-corrected chi connectivity index (χ3v) is 4.51. The number of carbonyl (C=O) groups is 1. The number of aromatic nitrogens is 4. The van der Waals surface area contributed by atoms with E-state index in [0.717, 1.165) is 11.3 Å². The molecule has 132 valence electrons. The van der Waals surface area contributed by atoms with Gasteiger partial charge in [0, 0.05) is 12.1 Å². The van der Waals surface area contributed by atoms with Crippen LogP contribution in [0.1, 0.15) is 27.8 Å². The number of hydrogen-bond acceptors (Lipinski definition) is 5. The van der Waals surface area contributed by atoms with Gasteiger partial charge < -0.3 is 9.64 Å². The van der Waals surface area contributed by atoms with Gasteiger partial charge in [-0.05, 0) is 47.2 Å². The topological polar surface area (TPSA) is 73.1 Å². The third kappa shape index (κ3) is 3.21. The van der Waals surface area contributed by atoms with Crippen molar-refractivity contribution in [2.75, 3.05) is 19.7 Å². The molecule has 1 aromatic heterocycles. The van der Waals surface area contributed by atoms with Gasteiger partial charge in [-0.15, -0.1) is 5.10 Å². The fourth-order valence-electron chi connectivity index (χ4n) is 3.10. The molecule has 26 heavy (non-hydrogen) atoms. The minimum absolute atomic E-state index is 0.00854. The van der Waals surface area contributed by atoms with E-state index < -0.39 is 0 Å². The standard InChI is InChI=1S/C19H19N5O2/c1-14-20-21-22-24(14)17-9-7-16(8-10-17)19(25)23-11-12-26-18(13-23)15-5-3-2-4-6-15/h2-10,18H,11-13H2,1H3/t18-/m1/s1. The first-order valence-corrected chi connectivity index (χ1v) is 8.53. The zero-order chi connectivity index (χ0) is 17.9. The van der Waals surface area contributed by atoms with Crippen molar-refractivity contribution in [3.63, 3.8) is 0 Å². The van der Waals surface area contributed by atoms with Gasteiger partial charge in [0.05, 0.1) is 18.8 Å². The van der Waals surface area contributed by atoms with Crippen LogP contribution in [0.15, 0.2) is 54.6 Å². The normalized spacial score (nSPS) is 17.3. The van der Waals surface area contributed by atoms with Crippen LogP contribution < -0.4 is 0 Å². The number of nitrogens with zero attached hydrogens (tertiary/aromatic N) is 5. The summed E-state index contributed by atoms with van der Waals surface area (Å²) in [5.74, 6) is 0.706. The number of aryl methyl sites for hydroxylation is 1. The molecule has 1 aliphatic rings. The van der Waals surface area contributed by atoms with Gasteiger partial charge >= 0.3 is 0 Å². The summed E-state index contributed by atoms with van der Waals surface area (Å²) in [6.45, 7) is 3.51. The molecular weight excluding hydrogens is 330 g/mol. The van der Waals surface area contributed by atoms with Crippen LogP contribution in [0.5, 0.6) is 0 Å². The Balaban J connectivity index is 1.49. The highest BCUT2D eigenvalue weighted by Gasteiger charge is 2.26. The van der Waals surface area contributed by atoms with Crippen molar-refractivity contribution >= 4 is 5.91 Å². The van der Waals surface area contributed by atoms with Crippen molar-refractivity contribution in [3.05, 3.63) is 71.5 Å². The van der Waals surface area contributed by atoms with Gasteiger partial charge in [0.15, 0.2) is 5.82 Å². The van der Waals surface area contributed by atoms with E-state index in [2.05, 4.69) is 15.5 Å². The quantitative estimate of drug-likeness (QED) is 0.725. The summed E-state index contributed by atoms with van der Waals surface area (Å²) < 4.78 is 7.48. The van der Waals surface area contributed by atoms with Gasteiger partial charge in [-0.1, -0.05) is 30.3 Å². The molecule has 1 saturated heterocycles. The highest BCUT2D eigenvalue weighted by atomic mass is 16.5. The molecule has 2 aromatic carbocycles. The first-order valence-electron chi connectivity index (χ1n) is 8.53. The van der Waals surface area contributed by atoms with Crippen LogP contribution in [0, 0.1) is 6.92 Å². The fourth-order valence-corrected chi connectivity index (χ4v) is 3.10. The molecule has 0 spiro atoms. The second kappa shape index (κ2) is 7.05. The fraction of sp³-hybridized carbons (Fsp3) is 0.263. The molecule has 1 aliphatic heterocycles. The SMILES string of the molecule is Cc1nnnn1-c1ccc(C(=O)N2CCO[C@@H](c3ccccc3)C2)cc1. The molecule has 1 amide bonds. The lowest BCUT2D eigenvalue weighted by atomic mass is 10.1. The van der Waals surface area contributed by atoms with E-state index in [1.54, 1.807) is 4.68 Å². The van der Waals surface area contributed by atoms with Crippen LogP contribution in [-0.4, -0.2) is 50.7 Å². The Morgan fingerprint density at radius 2 is 1.88 bits per heavy atom. The summed E-state index contributed by atoms with van der Waals surface area (Å²) in [5, 5.41) is 11.5. The maximum Gasteiger partial charge on any atom is 0.254 e. The smallest absolute Gasteiger partial charge is 0.254 e. The molecule has 7 nitrogen and oxygen atoms in total. The Morgan fingerprint density at radius 1 is 1.12 bits per heavy atom. The van der Waals surface area contributed by atoms with Gasteiger partial charge in [0.25, 0.3) is 5.91 Å². The summed E-state index contributed by atoms with van der Waals surface area (Å²) in [6, 6.07) is 17.3. The number of carbonyl (C=O) groups excluding carboxylic acids is 1. The van der Waals surface area contributed by atoms with Crippen molar-refractivity contribution in [3.8, 4) is 5.69 Å². The molecule has 4 rings (SSSR count). The highest BCUT2D eigenvalue weighted by molar-refractivity contribution is 5.94. The van der Waals surface area contributed by atoms with Gasteiger partial charge in [-0.25, -0.2) is 0 Å². The minimum Gasteiger partial charge on any atom is -0.370 e. The maximum atomic E-state index is 12.9. The molecule has 3 aromatic rings. The van der Waals surface area contributed by atoms with Gasteiger partial charge in [0.2, 0.25) is 0 Å². The van der Waals surface area contributed by atoms with Gasteiger partial charge in [-0.2, -0.15) is 4.68 Å². The van der Waals surface area contributed by atoms with E-state index >= 15 is 0 Å². The van der Waals surface area contributed by atoms with E-state index in [1.165, 1.54) is 0 Å². The molecule has 7 heteroatoms. The van der Waals surface area contributed by atoms with E-state index in [0.29, 0.717) is 31.1 Å². The summed E-state index contributed by atoms with van der Waals surface area (Å²) in [6.07, 6.45) is -0.0861. The Kier molecular flexibility index (Phi) is 4.45. The molecule has 0 bridgehead atoms. The molecule has 0 radical (unpaired) electrons. The monoisotopic (exact) mass is 349 g/mol. The second-order valence-corrected chi connectivity index (χ2v) is 6.21. The lowest BCUT2D eigenvalue weighted by Crippen LogP contribution is -2.42. The number of amides is 1. The van der Waals surface area contributed by atoms with E-state index in [-0.39, 0.29) is 12.0 Å². The molecule has 1 fully saturated rings. The van der Waals surface area contributed by atoms with Crippen LogP contribution in [0.4, 0.5) is 0 Å². The summed E-state index contributed by atoms with van der Waals surface area (Å²) >= 11 is 0. The average Bonchev–Trinajstić information content (AvgIpc) is 3.14. The number of ether oxygens (including phenoxy) is 1. The molecular formula is C19H19N5O2. The van der Waals surface area contributed by atoms with Crippen molar-refractivity contribution in [2.24, 2.45) is 0 Å². The summed E-state index contributed by atoms with van der Waals surface area (Å²) in [7, 11) is 0. The van der Waals surface area contributed by atoms with Crippen molar-refractivity contribution in [1.29, 1.82) is 0 Å². The Bertz CT molecular complexity index is 892. The lowest BCUT2D eigenvalue weighted by molar-refractivity contribution is -0.0228. The zero-order valence-corrected chi connectivity index (χ0v) is 14.4. The van der Waals surface area contributed by atoms with Crippen LogP contribution >= 0.6 is 0 Å². The molecule has 0 N–H and O–H groups in total. The largest absolute Gasteiger partial charge is 0.370 e. The minimum atomic E-state index is -0.0861. The first kappa shape index (κ1) is 16.4. The van der Waals surface area contributed by atoms with Crippen LogP contribution in [0.25, 0.3) is 5.69 Å². The van der Waals surface area contributed by atoms with E-state index in [1.807, 2.05) is 66.4 Å². The number of benzene rings is 2. The van der Waals surface area contributed by atoms with Crippen LogP contribution in [0.2, 0.25) is 0 Å². The number of tetrazole rings is 1. The maximum absolute atomic E-state index is 12.9. The van der Waals surface area contributed by atoms with Gasteiger partial charge in [-0.3, -0.25) is 4.79 Å². The Labute approximate surface area is 151 Å². The Morgan fingerprint density at radius 3 is 2.58 bits per heavy atom. The molecule has 0 saturated carbocycles. The van der Waals surface area contributed by atoms with Crippen LogP contribution in [-0.2, 0) is 4.74 Å².